The number of nitrogens with zero attached hydrogens (tertiary/aromatic N) is 2. The molecule has 1 aliphatic rings. The molecule has 3 N–H and O–H groups in total. The number of rotatable bonds is 7. The summed E-state index contributed by atoms with van der Waals surface area (Å²) in [4.78, 5) is 7.04. The molecule has 30 heavy (non-hydrogen) atoms. The molecule has 1 aliphatic heterocycles. The summed E-state index contributed by atoms with van der Waals surface area (Å²) in [5, 5.41) is 17.1. The van der Waals surface area contributed by atoms with E-state index in [0.717, 1.165) is 45.0 Å². The lowest BCUT2D eigenvalue weighted by Gasteiger charge is -2.33. The molecule has 3 rings (SSSR count). The molecule has 0 aliphatic carbocycles. The smallest absolute Gasteiger partial charge is 0.191 e. The molecular weight excluding hydrogens is 379 g/mol. The summed E-state index contributed by atoms with van der Waals surface area (Å²) in [6.45, 7) is 8.23. The van der Waals surface area contributed by atoms with Crippen molar-refractivity contribution in [2.24, 2.45) is 4.99 Å². The van der Waals surface area contributed by atoms with Crippen molar-refractivity contribution in [2.75, 3.05) is 26.2 Å². The summed E-state index contributed by atoms with van der Waals surface area (Å²) in [6.07, 6.45) is 1.35. The Morgan fingerprint density at radius 2 is 1.93 bits per heavy atom. The first-order chi connectivity index (χ1) is 14.5. The Bertz CT molecular complexity index is 816. The van der Waals surface area contributed by atoms with Crippen molar-refractivity contribution < 1.29 is 9.50 Å². The molecule has 1 fully saturated rings. The highest BCUT2D eigenvalue weighted by Crippen LogP contribution is 2.16. The fourth-order valence-corrected chi connectivity index (χ4v) is 3.79. The average molecular weight is 413 g/mol. The minimum Gasteiger partial charge on any atom is -0.386 e. The third-order valence-corrected chi connectivity index (χ3v) is 5.44. The Balaban J connectivity index is 1.49. The van der Waals surface area contributed by atoms with Gasteiger partial charge in [-0.1, -0.05) is 42.0 Å². The maximum atomic E-state index is 13.1. The van der Waals surface area contributed by atoms with E-state index in [1.165, 1.54) is 23.3 Å². The molecule has 0 bridgehead atoms. The van der Waals surface area contributed by atoms with E-state index in [9.17, 15) is 9.50 Å². The van der Waals surface area contributed by atoms with Crippen molar-refractivity contribution in [3.05, 3.63) is 71.0 Å². The van der Waals surface area contributed by atoms with Crippen LogP contribution in [0.5, 0.6) is 0 Å². The topological polar surface area (TPSA) is 59.9 Å². The molecule has 0 radical (unpaired) electrons. The SMILES string of the molecule is CCNC(=NCC(O)c1ccc(F)cc1)NC1CCN(Cc2cccc(C)c2)CC1. The van der Waals surface area contributed by atoms with Crippen LogP contribution < -0.4 is 10.6 Å². The van der Waals surface area contributed by atoms with E-state index in [1.807, 2.05) is 6.92 Å². The van der Waals surface area contributed by atoms with Gasteiger partial charge >= 0.3 is 0 Å². The Hall–Kier alpha value is -2.44. The van der Waals surface area contributed by atoms with Gasteiger partial charge in [0.25, 0.3) is 0 Å². The predicted molar refractivity (Wildman–Crippen MR) is 120 cm³/mol. The van der Waals surface area contributed by atoms with Gasteiger partial charge < -0.3 is 15.7 Å². The van der Waals surface area contributed by atoms with Gasteiger partial charge in [-0.2, -0.15) is 0 Å². The Morgan fingerprint density at radius 3 is 2.60 bits per heavy atom. The molecule has 1 atom stereocenters. The highest BCUT2D eigenvalue weighted by molar-refractivity contribution is 5.80. The zero-order valence-corrected chi connectivity index (χ0v) is 17.9. The average Bonchev–Trinajstić information content (AvgIpc) is 2.74. The van der Waals surface area contributed by atoms with Crippen molar-refractivity contribution in [1.29, 1.82) is 0 Å². The van der Waals surface area contributed by atoms with Crippen LogP contribution in [0.15, 0.2) is 53.5 Å². The molecule has 162 valence electrons. The highest BCUT2D eigenvalue weighted by Gasteiger charge is 2.20. The van der Waals surface area contributed by atoms with Crippen LogP contribution in [0, 0.1) is 12.7 Å². The van der Waals surface area contributed by atoms with Crippen molar-refractivity contribution in [2.45, 2.75) is 45.4 Å². The number of benzene rings is 2. The van der Waals surface area contributed by atoms with Crippen LogP contribution in [0.3, 0.4) is 0 Å². The van der Waals surface area contributed by atoms with Crippen LogP contribution in [0.1, 0.15) is 42.6 Å². The number of piperidine rings is 1. The highest BCUT2D eigenvalue weighted by atomic mass is 19.1. The molecule has 0 amide bonds. The molecule has 0 spiro atoms. The number of likely N-dealkylation sites (tertiary alicyclic amines) is 1. The van der Waals surface area contributed by atoms with Crippen molar-refractivity contribution in [1.82, 2.24) is 15.5 Å². The normalized spacial score (nSPS) is 17.0. The number of hydrogen-bond acceptors (Lipinski definition) is 3. The first-order valence-electron chi connectivity index (χ1n) is 10.8. The number of guanidine groups is 1. The molecule has 2 aromatic rings. The van der Waals surface area contributed by atoms with Gasteiger partial charge in [-0.25, -0.2) is 4.39 Å². The van der Waals surface area contributed by atoms with E-state index < -0.39 is 6.10 Å². The fraction of sp³-hybridized carbons (Fsp3) is 0.458. The number of aliphatic imine (C=N–C) groups is 1. The number of hydrogen-bond donors (Lipinski definition) is 3. The van der Waals surface area contributed by atoms with Crippen LogP contribution in [-0.4, -0.2) is 48.2 Å². The second-order valence-corrected chi connectivity index (χ2v) is 7.97. The Morgan fingerprint density at radius 1 is 1.20 bits per heavy atom. The lowest BCUT2D eigenvalue weighted by Crippen LogP contribution is -2.48. The van der Waals surface area contributed by atoms with Gasteiger partial charge in [0.15, 0.2) is 5.96 Å². The standard InChI is InChI=1S/C24H33FN4O/c1-3-26-24(27-16-23(30)20-7-9-21(25)10-8-20)28-22-11-13-29(14-12-22)17-19-6-4-5-18(2)15-19/h4-10,15,22-23,30H,3,11-14,16-17H2,1-2H3,(H2,26,27,28). The summed E-state index contributed by atoms with van der Waals surface area (Å²) >= 11 is 0. The maximum absolute atomic E-state index is 13.1. The summed E-state index contributed by atoms with van der Waals surface area (Å²) in [7, 11) is 0. The molecule has 2 aromatic carbocycles. The molecule has 0 saturated carbocycles. The summed E-state index contributed by atoms with van der Waals surface area (Å²) < 4.78 is 13.1. The van der Waals surface area contributed by atoms with Crippen LogP contribution in [0.2, 0.25) is 0 Å². The fourth-order valence-electron chi connectivity index (χ4n) is 3.79. The van der Waals surface area contributed by atoms with E-state index in [1.54, 1.807) is 12.1 Å². The summed E-state index contributed by atoms with van der Waals surface area (Å²) in [5.41, 5.74) is 3.34. The number of nitrogens with one attached hydrogen (secondary N) is 2. The minimum atomic E-state index is -0.753. The molecule has 0 aromatic heterocycles. The van der Waals surface area contributed by atoms with Crippen molar-refractivity contribution in [3.63, 3.8) is 0 Å². The largest absolute Gasteiger partial charge is 0.386 e. The third-order valence-electron chi connectivity index (χ3n) is 5.44. The molecule has 1 saturated heterocycles. The van der Waals surface area contributed by atoms with Gasteiger partial charge in [0.2, 0.25) is 0 Å². The second-order valence-electron chi connectivity index (χ2n) is 7.97. The molecule has 1 unspecified atom stereocenters. The number of halogens is 1. The Labute approximate surface area is 179 Å². The lowest BCUT2D eigenvalue weighted by atomic mass is 10.0. The van der Waals surface area contributed by atoms with Gasteiger partial charge in [-0.15, -0.1) is 0 Å². The third kappa shape index (κ3) is 6.82. The first kappa shape index (κ1) is 22.2. The van der Waals surface area contributed by atoms with Crippen molar-refractivity contribution >= 4 is 5.96 Å². The zero-order chi connectivity index (χ0) is 21.3. The van der Waals surface area contributed by atoms with E-state index >= 15 is 0 Å². The summed E-state index contributed by atoms with van der Waals surface area (Å²) in [5.74, 6) is 0.411. The predicted octanol–water partition coefficient (Wildman–Crippen LogP) is 3.39. The van der Waals surface area contributed by atoms with Gasteiger partial charge in [-0.05, 0) is 49.9 Å². The van der Waals surface area contributed by atoms with Gasteiger partial charge in [0, 0.05) is 32.2 Å². The second kappa shape index (κ2) is 11.1. The van der Waals surface area contributed by atoms with Gasteiger partial charge in [0.1, 0.15) is 5.82 Å². The van der Waals surface area contributed by atoms with Crippen LogP contribution in [0.4, 0.5) is 4.39 Å². The monoisotopic (exact) mass is 412 g/mol. The van der Waals surface area contributed by atoms with Crippen LogP contribution in [-0.2, 0) is 6.54 Å². The van der Waals surface area contributed by atoms with Gasteiger partial charge in [0.05, 0.1) is 12.6 Å². The number of aliphatic hydroxyl groups is 1. The van der Waals surface area contributed by atoms with E-state index in [4.69, 9.17) is 0 Å². The quantitative estimate of drug-likeness (QED) is 0.482. The van der Waals surface area contributed by atoms with Gasteiger partial charge in [-0.3, -0.25) is 9.89 Å². The van der Waals surface area contributed by atoms with Crippen LogP contribution in [0.25, 0.3) is 0 Å². The van der Waals surface area contributed by atoms with E-state index in [0.29, 0.717) is 11.6 Å². The molecule has 1 heterocycles. The lowest BCUT2D eigenvalue weighted by molar-refractivity contribution is 0.186. The molecule has 6 heteroatoms. The number of aryl methyl sites for hydroxylation is 1. The molecule has 5 nitrogen and oxygen atoms in total. The first-order valence-corrected chi connectivity index (χ1v) is 10.8. The summed E-state index contributed by atoms with van der Waals surface area (Å²) in [6, 6.07) is 15.0. The number of aliphatic hydroxyl groups excluding tert-OH is 1. The van der Waals surface area contributed by atoms with Crippen LogP contribution >= 0.6 is 0 Å². The maximum Gasteiger partial charge on any atom is 0.191 e. The minimum absolute atomic E-state index is 0.229. The zero-order valence-electron chi connectivity index (χ0n) is 17.9. The molecular formula is C24H33FN4O. The Kier molecular flexibility index (Phi) is 8.22. The van der Waals surface area contributed by atoms with E-state index in [2.05, 4.69) is 51.7 Å². The van der Waals surface area contributed by atoms with Crippen molar-refractivity contribution in [3.8, 4) is 0 Å². The van der Waals surface area contributed by atoms with E-state index in [-0.39, 0.29) is 12.4 Å².